The smallest absolute Gasteiger partial charge is 0.0547 e. The van der Waals surface area contributed by atoms with Crippen molar-refractivity contribution in [3.05, 3.63) is 361 Å². The van der Waals surface area contributed by atoms with E-state index in [1.165, 1.54) is 214 Å². The second-order valence-electron chi connectivity index (χ2n) is 31.8. The van der Waals surface area contributed by atoms with Crippen LogP contribution in [0.3, 0.4) is 0 Å². The minimum Gasteiger partial charge on any atom is -0.309 e. The predicted molar refractivity (Wildman–Crippen MR) is 457 cm³/mol. The number of aromatic nitrogens is 2. The molecule has 18 aromatic carbocycles. The molecule has 0 atom stereocenters. The summed E-state index contributed by atoms with van der Waals surface area (Å²) < 4.78 is 5.05. The van der Waals surface area contributed by atoms with Gasteiger partial charge in [-0.2, -0.15) is 0 Å². The summed E-state index contributed by atoms with van der Waals surface area (Å²) in [5, 5.41) is 20.1. The maximum Gasteiger partial charge on any atom is 0.0547 e. The Balaban J connectivity index is 0.669. The molecule has 107 heavy (non-hydrogen) atoms. The summed E-state index contributed by atoms with van der Waals surface area (Å²) in [7, 11) is 0. The molecule has 0 unspecified atom stereocenters. The van der Waals surface area contributed by atoms with E-state index in [0.29, 0.717) is 5.92 Å². The molecule has 2 aliphatic carbocycles. The zero-order valence-corrected chi connectivity index (χ0v) is 60.7. The Bertz CT molecular complexity index is 7230. The Morgan fingerprint density at radius 3 is 1.07 bits per heavy atom. The van der Waals surface area contributed by atoms with Gasteiger partial charge in [0.05, 0.1) is 22.1 Å². The fourth-order valence-electron chi connectivity index (χ4n) is 19.2. The van der Waals surface area contributed by atoms with Crippen molar-refractivity contribution in [3.63, 3.8) is 0 Å². The summed E-state index contributed by atoms with van der Waals surface area (Å²) >= 11 is 0. The maximum absolute atomic E-state index is 2.55. The summed E-state index contributed by atoms with van der Waals surface area (Å²) in [5.74, 6) is 0.338. The van der Waals surface area contributed by atoms with E-state index >= 15 is 0 Å². The highest BCUT2D eigenvalue weighted by Gasteiger charge is 2.40. The number of rotatable bonds is 8. The van der Waals surface area contributed by atoms with Gasteiger partial charge in [-0.05, 0) is 285 Å². The summed E-state index contributed by atoms with van der Waals surface area (Å²) in [5.41, 5.74) is 30.8. The highest BCUT2D eigenvalue weighted by Crippen LogP contribution is 2.57. The fraction of sp³-hybridized carbons (Fsp3) is 0.0857. The van der Waals surface area contributed by atoms with Crippen LogP contribution < -0.4 is 0 Å². The highest BCUT2D eigenvalue weighted by atomic mass is 15.0. The SMILES string of the molecule is CC(C)c1cc(-c2ccc3cc(-c4ccc5ccccc5c4)ccc3c2)cc(-c2cc3c(c4ccccc24)-c2cc4ccc(-c5ccc6c7ccccc7n(-c7cc(-c8cc9c(c%10ccccc8%10)-c8cc%10ccccc%10cc8C9(C)C)cc(-n8c9ccccc9c9ccccc98)c7)c6c5)cc4cc2C3(C)C)c1. The van der Waals surface area contributed by atoms with Crippen LogP contribution in [0.5, 0.6) is 0 Å². The largest absolute Gasteiger partial charge is 0.309 e. The molecule has 22 rings (SSSR count). The lowest BCUT2D eigenvalue weighted by Gasteiger charge is -2.24. The Labute approximate surface area is 622 Å². The molecule has 0 amide bonds. The molecular formula is C105H74N2. The minimum atomic E-state index is -0.287. The Morgan fingerprint density at radius 1 is 0.215 bits per heavy atom. The lowest BCUT2D eigenvalue weighted by Crippen LogP contribution is -2.15. The van der Waals surface area contributed by atoms with Crippen LogP contribution in [0, 0.1) is 0 Å². The topological polar surface area (TPSA) is 9.86 Å². The zero-order valence-electron chi connectivity index (χ0n) is 60.7. The van der Waals surface area contributed by atoms with E-state index in [2.05, 4.69) is 384 Å². The maximum atomic E-state index is 2.55. The van der Waals surface area contributed by atoms with Crippen molar-refractivity contribution in [1.82, 2.24) is 9.13 Å². The fourth-order valence-corrected chi connectivity index (χ4v) is 19.2. The van der Waals surface area contributed by atoms with Crippen molar-refractivity contribution >= 4 is 108 Å². The molecule has 504 valence electrons. The molecular weight excluding hydrogens is 1290 g/mol. The van der Waals surface area contributed by atoms with E-state index in [9.17, 15) is 0 Å². The van der Waals surface area contributed by atoms with Gasteiger partial charge in [-0.1, -0.05) is 266 Å². The van der Waals surface area contributed by atoms with Gasteiger partial charge in [-0.15, -0.1) is 0 Å². The van der Waals surface area contributed by atoms with Gasteiger partial charge in [-0.3, -0.25) is 0 Å². The number of nitrogens with zero attached hydrogens (tertiary/aromatic N) is 2. The first-order chi connectivity index (χ1) is 52.3. The van der Waals surface area contributed by atoms with Crippen LogP contribution in [0.4, 0.5) is 0 Å². The van der Waals surface area contributed by atoms with E-state index < -0.39 is 0 Å². The standard InChI is InChI=1S/C105H74N2/c1-62(2)75-49-76(72-41-39-69-46-68(37-38-70(69)47-72)67-36-35-63-21-7-8-22-64(63)45-67)51-78(50-75)90-60-96-103(88-30-13-11-25-82(88)90)93-55-73-42-40-71(48-77(73)57-95(93)105(96,5)6)74-43-44-87-86-29-17-20-34-100(86)107(101(87)58-74)81-53-79(52-80(59-81)106-98-32-18-15-27-84(98)85-28-16-19-33-99(85)106)91-61-97-102(89-31-14-12-26-83(89)91)92-54-65-23-9-10-24-66(65)56-94(92)104(97,3)4/h7-62H,1-6H3. The van der Waals surface area contributed by atoms with Gasteiger partial charge in [0.2, 0.25) is 0 Å². The average molecular weight is 1360 g/mol. The Morgan fingerprint density at radius 2 is 0.561 bits per heavy atom. The summed E-state index contributed by atoms with van der Waals surface area (Å²) in [6, 6.07) is 127. The zero-order chi connectivity index (χ0) is 71.3. The second kappa shape index (κ2) is 22.8. The number of fused-ring (bicyclic) bond motifs is 20. The first kappa shape index (κ1) is 61.6. The molecule has 2 aliphatic rings. The summed E-state index contributed by atoms with van der Waals surface area (Å²) in [6.07, 6.45) is 0. The molecule has 2 nitrogen and oxygen atoms in total. The highest BCUT2D eigenvalue weighted by molar-refractivity contribution is 6.16. The van der Waals surface area contributed by atoms with Crippen LogP contribution in [0.2, 0.25) is 0 Å². The molecule has 2 heterocycles. The molecule has 0 spiro atoms. The average Bonchev–Trinajstić information content (AvgIpc) is 1.53. The van der Waals surface area contributed by atoms with Crippen LogP contribution in [0.25, 0.3) is 198 Å². The summed E-state index contributed by atoms with van der Waals surface area (Å²) in [6.45, 7) is 14.4. The number of hydrogen-bond acceptors (Lipinski definition) is 0. The third kappa shape index (κ3) is 9.25. The van der Waals surface area contributed by atoms with Gasteiger partial charge < -0.3 is 9.13 Å². The molecule has 0 N–H and O–H groups in total. The number of benzene rings is 18. The Kier molecular flexibility index (Phi) is 13.1. The van der Waals surface area contributed by atoms with E-state index in [1.807, 2.05) is 0 Å². The van der Waals surface area contributed by atoms with Crippen molar-refractivity contribution in [2.24, 2.45) is 0 Å². The van der Waals surface area contributed by atoms with Crippen LogP contribution in [-0.4, -0.2) is 9.13 Å². The van der Waals surface area contributed by atoms with Gasteiger partial charge in [0.15, 0.2) is 0 Å². The minimum absolute atomic E-state index is 0.243. The molecule has 2 heteroatoms. The Hall–Kier alpha value is -12.9. The van der Waals surface area contributed by atoms with Gasteiger partial charge in [0.25, 0.3) is 0 Å². The third-order valence-electron chi connectivity index (χ3n) is 24.7. The van der Waals surface area contributed by atoms with Gasteiger partial charge in [0, 0.05) is 43.7 Å². The van der Waals surface area contributed by atoms with E-state index in [4.69, 9.17) is 0 Å². The lowest BCUT2D eigenvalue weighted by molar-refractivity contribution is 0.661. The monoisotopic (exact) mass is 1360 g/mol. The molecule has 0 aliphatic heterocycles. The third-order valence-corrected chi connectivity index (χ3v) is 24.7. The van der Waals surface area contributed by atoms with Crippen LogP contribution in [0.1, 0.15) is 75.3 Å². The van der Waals surface area contributed by atoms with E-state index in [0.717, 1.165) is 11.4 Å². The summed E-state index contributed by atoms with van der Waals surface area (Å²) in [4.78, 5) is 0. The first-order valence-corrected chi connectivity index (χ1v) is 37.9. The van der Waals surface area contributed by atoms with Gasteiger partial charge in [0.1, 0.15) is 0 Å². The molecule has 0 saturated heterocycles. The molecule has 0 saturated carbocycles. The van der Waals surface area contributed by atoms with Crippen molar-refractivity contribution in [2.75, 3.05) is 0 Å². The molecule has 0 fully saturated rings. The normalized spacial score (nSPS) is 13.6. The van der Waals surface area contributed by atoms with Gasteiger partial charge in [-0.25, -0.2) is 0 Å². The number of hydrogen-bond donors (Lipinski definition) is 0. The predicted octanol–water partition coefficient (Wildman–Crippen LogP) is 28.9. The second-order valence-corrected chi connectivity index (χ2v) is 31.8. The van der Waals surface area contributed by atoms with Crippen molar-refractivity contribution in [1.29, 1.82) is 0 Å². The van der Waals surface area contributed by atoms with Crippen LogP contribution >= 0.6 is 0 Å². The van der Waals surface area contributed by atoms with Crippen LogP contribution in [-0.2, 0) is 10.8 Å². The van der Waals surface area contributed by atoms with Crippen LogP contribution in [0.15, 0.2) is 334 Å². The number of para-hydroxylation sites is 3. The van der Waals surface area contributed by atoms with Crippen molar-refractivity contribution in [3.8, 4) is 89.3 Å². The lowest BCUT2D eigenvalue weighted by atomic mass is 9.79. The molecule has 20 aromatic rings. The van der Waals surface area contributed by atoms with E-state index in [-0.39, 0.29) is 10.8 Å². The first-order valence-electron chi connectivity index (χ1n) is 37.9. The van der Waals surface area contributed by atoms with E-state index in [1.54, 1.807) is 0 Å². The molecule has 0 bridgehead atoms. The van der Waals surface area contributed by atoms with Crippen molar-refractivity contribution in [2.45, 2.75) is 58.3 Å². The van der Waals surface area contributed by atoms with Crippen molar-refractivity contribution < 1.29 is 0 Å². The molecule has 2 aromatic heterocycles. The molecule has 0 radical (unpaired) electrons. The van der Waals surface area contributed by atoms with Gasteiger partial charge >= 0.3 is 0 Å². The quantitative estimate of drug-likeness (QED) is 0.143.